The van der Waals surface area contributed by atoms with Crippen LogP contribution in [0.1, 0.15) is 19.4 Å². The zero-order valence-electron chi connectivity index (χ0n) is 10.5. The van der Waals surface area contributed by atoms with Gasteiger partial charge in [0.15, 0.2) is 0 Å². The molecule has 0 aliphatic carbocycles. The lowest BCUT2D eigenvalue weighted by atomic mass is 10.1. The number of carbonyl (C=O) groups excluding carboxylic acids is 2. The molecular formula is C13H19NO3. The van der Waals surface area contributed by atoms with Crippen LogP contribution in [0.15, 0.2) is 30.3 Å². The molecule has 4 nitrogen and oxygen atoms in total. The van der Waals surface area contributed by atoms with E-state index in [-0.39, 0.29) is 0 Å². The van der Waals surface area contributed by atoms with Gasteiger partial charge in [-0.3, -0.25) is 4.79 Å². The molecule has 0 aromatic heterocycles. The number of rotatable bonds is 5. The SMILES string of the molecule is CC.COC(=O)C(Cc1ccccc1)NC=O. The molecule has 0 fully saturated rings. The summed E-state index contributed by atoms with van der Waals surface area (Å²) in [4.78, 5) is 21.6. The number of methoxy groups -OCH3 is 1. The molecule has 4 heteroatoms. The molecule has 0 saturated heterocycles. The molecule has 1 aromatic rings. The van der Waals surface area contributed by atoms with E-state index in [1.807, 2.05) is 44.2 Å². The summed E-state index contributed by atoms with van der Waals surface area (Å²) < 4.78 is 4.58. The van der Waals surface area contributed by atoms with Crippen LogP contribution in [0.2, 0.25) is 0 Å². The van der Waals surface area contributed by atoms with Crippen LogP contribution in [-0.4, -0.2) is 25.5 Å². The van der Waals surface area contributed by atoms with Gasteiger partial charge in [0.25, 0.3) is 0 Å². The number of hydrogen-bond donors (Lipinski definition) is 1. The molecule has 0 bridgehead atoms. The van der Waals surface area contributed by atoms with E-state index in [0.29, 0.717) is 12.8 Å². The molecule has 0 aliphatic rings. The molecule has 1 rings (SSSR count). The molecule has 0 radical (unpaired) electrons. The van der Waals surface area contributed by atoms with Crippen molar-refractivity contribution in [3.8, 4) is 0 Å². The molecule has 1 N–H and O–H groups in total. The van der Waals surface area contributed by atoms with Gasteiger partial charge in [-0.2, -0.15) is 0 Å². The predicted octanol–water partition coefficient (Wildman–Crippen LogP) is 1.54. The van der Waals surface area contributed by atoms with Crippen LogP contribution < -0.4 is 5.32 Å². The van der Waals surface area contributed by atoms with E-state index in [1.54, 1.807) is 0 Å². The Balaban J connectivity index is 0.00000121. The monoisotopic (exact) mass is 237 g/mol. The van der Waals surface area contributed by atoms with Gasteiger partial charge < -0.3 is 10.1 Å². The summed E-state index contributed by atoms with van der Waals surface area (Å²) in [6.07, 6.45) is 0.941. The van der Waals surface area contributed by atoms with E-state index >= 15 is 0 Å². The summed E-state index contributed by atoms with van der Waals surface area (Å²) in [5.74, 6) is -0.439. The van der Waals surface area contributed by atoms with Crippen LogP contribution in [0, 0.1) is 0 Å². The minimum Gasteiger partial charge on any atom is -0.467 e. The fourth-order valence-electron chi connectivity index (χ4n) is 1.28. The van der Waals surface area contributed by atoms with Gasteiger partial charge in [-0.25, -0.2) is 4.79 Å². The summed E-state index contributed by atoms with van der Waals surface area (Å²) in [7, 11) is 1.30. The minimum absolute atomic E-state index is 0.437. The molecule has 17 heavy (non-hydrogen) atoms. The second kappa shape index (κ2) is 9.39. The van der Waals surface area contributed by atoms with Crippen LogP contribution in [0.4, 0.5) is 0 Å². The van der Waals surface area contributed by atoms with Gasteiger partial charge in [-0.05, 0) is 5.56 Å². The molecular weight excluding hydrogens is 218 g/mol. The normalized spacial score (nSPS) is 10.5. The molecule has 1 aromatic carbocycles. The maximum absolute atomic E-state index is 11.3. The predicted molar refractivity (Wildman–Crippen MR) is 66.5 cm³/mol. The van der Waals surface area contributed by atoms with Gasteiger partial charge in [0, 0.05) is 6.42 Å². The Hall–Kier alpha value is -1.84. The van der Waals surface area contributed by atoms with E-state index in [2.05, 4.69) is 10.1 Å². The molecule has 0 saturated carbocycles. The Bertz CT molecular complexity index is 325. The first-order valence-corrected chi connectivity index (χ1v) is 5.59. The van der Waals surface area contributed by atoms with E-state index in [0.717, 1.165) is 5.56 Å². The highest BCUT2D eigenvalue weighted by Gasteiger charge is 2.18. The number of ether oxygens (including phenoxy) is 1. The maximum Gasteiger partial charge on any atom is 0.328 e. The van der Waals surface area contributed by atoms with Crippen molar-refractivity contribution in [1.82, 2.24) is 5.32 Å². The van der Waals surface area contributed by atoms with E-state index in [1.165, 1.54) is 7.11 Å². The second-order valence-electron chi connectivity index (χ2n) is 3.05. The average molecular weight is 237 g/mol. The molecule has 1 atom stereocenters. The molecule has 1 unspecified atom stereocenters. The Morgan fingerprint density at radius 2 is 1.94 bits per heavy atom. The van der Waals surface area contributed by atoms with Gasteiger partial charge in [0.2, 0.25) is 6.41 Å². The third-order valence-corrected chi connectivity index (χ3v) is 2.04. The lowest BCUT2D eigenvalue weighted by Gasteiger charge is -2.13. The summed E-state index contributed by atoms with van der Waals surface area (Å²) in [6.45, 7) is 4.00. The van der Waals surface area contributed by atoms with Crippen molar-refractivity contribution in [1.29, 1.82) is 0 Å². The fraction of sp³-hybridized carbons (Fsp3) is 0.385. The molecule has 0 heterocycles. The maximum atomic E-state index is 11.3. The number of carbonyl (C=O) groups is 2. The summed E-state index contributed by atoms with van der Waals surface area (Å²) in [5, 5.41) is 2.43. The van der Waals surface area contributed by atoms with Crippen molar-refractivity contribution >= 4 is 12.4 Å². The number of hydrogen-bond acceptors (Lipinski definition) is 3. The topological polar surface area (TPSA) is 55.4 Å². The lowest BCUT2D eigenvalue weighted by Crippen LogP contribution is -2.38. The first-order valence-electron chi connectivity index (χ1n) is 5.59. The Labute approximate surface area is 102 Å². The zero-order chi connectivity index (χ0) is 13.1. The van der Waals surface area contributed by atoms with Crippen molar-refractivity contribution in [3.05, 3.63) is 35.9 Å². The van der Waals surface area contributed by atoms with Crippen LogP contribution >= 0.6 is 0 Å². The third kappa shape index (κ3) is 5.70. The van der Waals surface area contributed by atoms with Crippen LogP contribution in [0.5, 0.6) is 0 Å². The quantitative estimate of drug-likeness (QED) is 0.624. The highest BCUT2D eigenvalue weighted by atomic mass is 16.5. The molecule has 94 valence electrons. The summed E-state index contributed by atoms with van der Waals surface area (Å²) in [6, 6.07) is 8.82. The van der Waals surface area contributed by atoms with Gasteiger partial charge >= 0.3 is 5.97 Å². The lowest BCUT2D eigenvalue weighted by molar-refractivity contribution is -0.144. The molecule has 0 spiro atoms. The van der Waals surface area contributed by atoms with Crippen LogP contribution in [0.3, 0.4) is 0 Å². The fourth-order valence-corrected chi connectivity index (χ4v) is 1.28. The van der Waals surface area contributed by atoms with Gasteiger partial charge in [-0.15, -0.1) is 0 Å². The van der Waals surface area contributed by atoms with Crippen molar-refractivity contribution in [2.24, 2.45) is 0 Å². The highest BCUT2D eigenvalue weighted by Crippen LogP contribution is 2.03. The van der Waals surface area contributed by atoms with E-state index < -0.39 is 12.0 Å². The largest absolute Gasteiger partial charge is 0.467 e. The number of amides is 1. The van der Waals surface area contributed by atoms with Crippen molar-refractivity contribution < 1.29 is 14.3 Å². The van der Waals surface area contributed by atoms with Crippen molar-refractivity contribution in [3.63, 3.8) is 0 Å². The average Bonchev–Trinajstić information content (AvgIpc) is 2.41. The Morgan fingerprint density at radius 3 is 2.41 bits per heavy atom. The Morgan fingerprint density at radius 1 is 1.35 bits per heavy atom. The number of esters is 1. The Kier molecular flexibility index (Phi) is 8.37. The molecule has 0 aliphatic heterocycles. The first kappa shape index (κ1) is 15.2. The summed E-state index contributed by atoms with van der Waals surface area (Å²) >= 11 is 0. The van der Waals surface area contributed by atoms with E-state index in [9.17, 15) is 9.59 Å². The number of benzene rings is 1. The van der Waals surface area contributed by atoms with Crippen LogP contribution in [-0.2, 0) is 20.7 Å². The highest BCUT2D eigenvalue weighted by molar-refractivity contribution is 5.78. The van der Waals surface area contributed by atoms with Gasteiger partial charge in [-0.1, -0.05) is 44.2 Å². The standard InChI is InChI=1S/C11H13NO3.C2H6/c1-15-11(14)10(12-8-13)7-9-5-3-2-4-6-9;1-2/h2-6,8,10H,7H2,1H3,(H,12,13);1-2H3. The van der Waals surface area contributed by atoms with Gasteiger partial charge in [0.05, 0.1) is 7.11 Å². The van der Waals surface area contributed by atoms with E-state index in [4.69, 9.17) is 0 Å². The molecule has 1 amide bonds. The van der Waals surface area contributed by atoms with Gasteiger partial charge in [0.1, 0.15) is 6.04 Å². The number of nitrogens with one attached hydrogen (secondary N) is 1. The minimum atomic E-state index is -0.616. The smallest absolute Gasteiger partial charge is 0.328 e. The zero-order valence-corrected chi connectivity index (χ0v) is 10.5. The third-order valence-electron chi connectivity index (χ3n) is 2.04. The van der Waals surface area contributed by atoms with Crippen LogP contribution in [0.25, 0.3) is 0 Å². The van der Waals surface area contributed by atoms with Crippen molar-refractivity contribution in [2.75, 3.05) is 7.11 Å². The first-order chi connectivity index (χ1) is 8.27. The van der Waals surface area contributed by atoms with Crippen molar-refractivity contribution in [2.45, 2.75) is 26.3 Å². The second-order valence-corrected chi connectivity index (χ2v) is 3.05. The summed E-state index contributed by atoms with van der Waals surface area (Å²) in [5.41, 5.74) is 0.974.